The largest absolute Gasteiger partial charge is 0.486 e. The molecule has 1 heterocycles. The van der Waals surface area contributed by atoms with E-state index < -0.39 is 12.0 Å². The summed E-state index contributed by atoms with van der Waals surface area (Å²) in [4.78, 5) is 27.9. The lowest BCUT2D eigenvalue weighted by atomic mass is 10.1. The highest BCUT2D eigenvalue weighted by atomic mass is 19.3. The summed E-state index contributed by atoms with van der Waals surface area (Å²) in [7, 11) is 1.54. The first-order valence-corrected chi connectivity index (χ1v) is 9.53. The van der Waals surface area contributed by atoms with Crippen LogP contribution in [0, 0.1) is 0 Å². The Morgan fingerprint density at radius 1 is 1.10 bits per heavy atom. The molecule has 3 rings (SSSR count). The first-order chi connectivity index (χ1) is 14.7. The first kappa shape index (κ1) is 21.9. The van der Waals surface area contributed by atoms with Gasteiger partial charge in [-0.1, -0.05) is 12.1 Å². The SMILES string of the molecule is CNC(=O)C1=NC=CC(Oc2ccc(NC(=O)Nc3cccc(C(C)(F)F)c3)cc2)C1. The minimum atomic E-state index is -3.00. The maximum Gasteiger partial charge on any atom is 0.323 e. The first-order valence-electron chi connectivity index (χ1n) is 9.53. The van der Waals surface area contributed by atoms with Crippen LogP contribution in [0.5, 0.6) is 5.75 Å². The number of urea groups is 1. The molecule has 0 aliphatic carbocycles. The molecule has 1 unspecified atom stereocenters. The van der Waals surface area contributed by atoms with Crippen LogP contribution in [-0.4, -0.2) is 30.8 Å². The molecule has 0 saturated heterocycles. The van der Waals surface area contributed by atoms with E-state index in [2.05, 4.69) is 20.9 Å². The van der Waals surface area contributed by atoms with Crippen LogP contribution >= 0.6 is 0 Å². The molecule has 162 valence electrons. The van der Waals surface area contributed by atoms with Crippen LogP contribution in [0.25, 0.3) is 0 Å². The standard InChI is InChI=1S/C22H22F2N4O3/c1-22(23,24)14-4-3-5-16(12-14)28-21(30)27-15-6-8-17(9-7-15)31-18-10-11-26-19(13-18)20(29)25-2/h3-12,18H,13H2,1-2H3,(H,25,29)(H2,27,28,30). The molecule has 0 spiro atoms. The zero-order chi connectivity index (χ0) is 22.4. The number of ether oxygens (including phenoxy) is 1. The van der Waals surface area contributed by atoms with Gasteiger partial charge in [-0.3, -0.25) is 9.79 Å². The van der Waals surface area contributed by atoms with Crippen LogP contribution in [0.1, 0.15) is 18.9 Å². The predicted octanol–water partition coefficient (Wildman–Crippen LogP) is 4.29. The smallest absolute Gasteiger partial charge is 0.323 e. The van der Waals surface area contributed by atoms with E-state index in [-0.39, 0.29) is 23.3 Å². The Kier molecular flexibility index (Phi) is 6.64. The number of halogens is 2. The molecule has 3 N–H and O–H groups in total. The van der Waals surface area contributed by atoms with Gasteiger partial charge in [-0.2, -0.15) is 0 Å². The van der Waals surface area contributed by atoms with Crippen molar-refractivity contribution in [2.24, 2.45) is 4.99 Å². The van der Waals surface area contributed by atoms with Gasteiger partial charge in [0, 0.05) is 43.5 Å². The zero-order valence-electron chi connectivity index (χ0n) is 17.0. The van der Waals surface area contributed by atoms with Gasteiger partial charge >= 0.3 is 6.03 Å². The van der Waals surface area contributed by atoms with E-state index in [4.69, 9.17) is 4.74 Å². The molecule has 1 atom stereocenters. The molecule has 1 aliphatic heterocycles. The van der Waals surface area contributed by atoms with E-state index in [1.807, 2.05) is 0 Å². The maximum atomic E-state index is 13.4. The maximum absolute atomic E-state index is 13.4. The molecular formula is C22H22F2N4O3. The number of benzene rings is 2. The fourth-order valence-corrected chi connectivity index (χ4v) is 2.87. The monoisotopic (exact) mass is 428 g/mol. The number of nitrogens with one attached hydrogen (secondary N) is 3. The fourth-order valence-electron chi connectivity index (χ4n) is 2.87. The number of nitrogens with zero attached hydrogens (tertiary/aromatic N) is 1. The lowest BCUT2D eigenvalue weighted by molar-refractivity contribution is -0.114. The second-order valence-electron chi connectivity index (χ2n) is 6.93. The van der Waals surface area contributed by atoms with Crippen molar-refractivity contribution >= 4 is 29.0 Å². The highest BCUT2D eigenvalue weighted by Gasteiger charge is 2.24. The van der Waals surface area contributed by atoms with Gasteiger partial charge in [-0.15, -0.1) is 0 Å². The third kappa shape index (κ3) is 6.11. The van der Waals surface area contributed by atoms with Crippen LogP contribution < -0.4 is 20.7 Å². The van der Waals surface area contributed by atoms with Gasteiger partial charge in [0.05, 0.1) is 0 Å². The number of carbonyl (C=O) groups excluding carboxylic acids is 2. The van der Waals surface area contributed by atoms with Gasteiger partial charge in [0.2, 0.25) is 0 Å². The second kappa shape index (κ2) is 9.38. The summed E-state index contributed by atoms with van der Waals surface area (Å²) in [6.07, 6.45) is 3.28. The van der Waals surface area contributed by atoms with Crippen molar-refractivity contribution in [1.29, 1.82) is 0 Å². The quantitative estimate of drug-likeness (QED) is 0.641. The van der Waals surface area contributed by atoms with Crippen molar-refractivity contribution in [3.05, 3.63) is 66.4 Å². The topological polar surface area (TPSA) is 91.8 Å². The predicted molar refractivity (Wildman–Crippen MR) is 115 cm³/mol. The summed E-state index contributed by atoms with van der Waals surface area (Å²) in [6.45, 7) is 0.797. The van der Waals surface area contributed by atoms with Crippen LogP contribution in [0.4, 0.5) is 25.0 Å². The van der Waals surface area contributed by atoms with Gasteiger partial charge in [0.1, 0.15) is 17.6 Å². The van der Waals surface area contributed by atoms with Crippen LogP contribution in [0.2, 0.25) is 0 Å². The number of hydrogen-bond acceptors (Lipinski definition) is 4. The van der Waals surface area contributed by atoms with Gasteiger partial charge in [-0.05, 0) is 42.5 Å². The third-order valence-corrected chi connectivity index (χ3v) is 4.44. The van der Waals surface area contributed by atoms with Gasteiger partial charge in [0.25, 0.3) is 11.8 Å². The summed E-state index contributed by atoms with van der Waals surface area (Å²) in [5, 5.41) is 7.69. The highest BCUT2D eigenvalue weighted by Crippen LogP contribution is 2.28. The Morgan fingerprint density at radius 2 is 1.81 bits per heavy atom. The molecule has 0 fully saturated rings. The molecule has 2 aromatic carbocycles. The van der Waals surface area contributed by atoms with E-state index >= 15 is 0 Å². The molecule has 31 heavy (non-hydrogen) atoms. The van der Waals surface area contributed by atoms with Crippen molar-refractivity contribution < 1.29 is 23.1 Å². The molecule has 7 nitrogen and oxygen atoms in total. The molecule has 0 bridgehead atoms. The number of alkyl halides is 2. The third-order valence-electron chi connectivity index (χ3n) is 4.44. The Bertz CT molecular complexity index is 1010. The van der Waals surface area contributed by atoms with Crippen molar-refractivity contribution in [3.63, 3.8) is 0 Å². The van der Waals surface area contributed by atoms with Crippen LogP contribution in [-0.2, 0) is 10.7 Å². The van der Waals surface area contributed by atoms with E-state index in [1.54, 1.807) is 30.3 Å². The summed E-state index contributed by atoms with van der Waals surface area (Å²) < 4.78 is 32.7. The van der Waals surface area contributed by atoms with E-state index in [0.29, 0.717) is 23.6 Å². The van der Waals surface area contributed by atoms with Crippen molar-refractivity contribution in [3.8, 4) is 5.75 Å². The Morgan fingerprint density at radius 3 is 2.48 bits per heavy atom. The van der Waals surface area contributed by atoms with Gasteiger partial charge in [-0.25, -0.2) is 13.6 Å². The average molecular weight is 428 g/mol. The molecule has 0 aromatic heterocycles. The highest BCUT2D eigenvalue weighted by molar-refractivity contribution is 6.39. The zero-order valence-corrected chi connectivity index (χ0v) is 17.0. The number of hydrogen-bond donors (Lipinski definition) is 3. The minimum Gasteiger partial charge on any atom is -0.486 e. The number of amides is 3. The van der Waals surface area contributed by atoms with Gasteiger partial charge < -0.3 is 20.7 Å². The Balaban J connectivity index is 1.55. The van der Waals surface area contributed by atoms with Gasteiger partial charge in [0.15, 0.2) is 0 Å². The molecule has 0 radical (unpaired) electrons. The molecule has 2 aromatic rings. The lowest BCUT2D eigenvalue weighted by Gasteiger charge is -2.19. The summed E-state index contributed by atoms with van der Waals surface area (Å²) >= 11 is 0. The van der Waals surface area contributed by atoms with Crippen LogP contribution in [0.15, 0.2) is 65.8 Å². The number of carbonyl (C=O) groups is 2. The Hall–Kier alpha value is -3.75. The molecule has 9 heteroatoms. The summed E-state index contributed by atoms with van der Waals surface area (Å²) in [6, 6.07) is 11.6. The van der Waals surface area contributed by atoms with E-state index in [9.17, 15) is 18.4 Å². The van der Waals surface area contributed by atoms with Crippen molar-refractivity contribution in [1.82, 2.24) is 5.32 Å². The van der Waals surface area contributed by atoms with E-state index in [0.717, 1.165) is 6.92 Å². The van der Waals surface area contributed by atoms with E-state index in [1.165, 1.54) is 37.5 Å². The molecule has 3 amide bonds. The normalized spacial score (nSPS) is 15.6. The number of aliphatic imine (C=N–C) groups is 1. The summed E-state index contributed by atoms with van der Waals surface area (Å²) in [5.41, 5.74) is 0.950. The number of anilines is 2. The Labute approximate surface area is 178 Å². The summed E-state index contributed by atoms with van der Waals surface area (Å²) in [5.74, 6) is -2.70. The minimum absolute atomic E-state index is 0.187. The molecule has 1 aliphatic rings. The molecule has 0 saturated carbocycles. The number of rotatable bonds is 6. The van der Waals surface area contributed by atoms with Crippen molar-refractivity contribution in [2.75, 3.05) is 17.7 Å². The van der Waals surface area contributed by atoms with Crippen LogP contribution in [0.3, 0.4) is 0 Å². The average Bonchev–Trinajstić information content (AvgIpc) is 2.74. The second-order valence-corrected chi connectivity index (χ2v) is 6.93. The van der Waals surface area contributed by atoms with Crippen molar-refractivity contribution in [2.45, 2.75) is 25.4 Å². The fraction of sp³-hybridized carbons (Fsp3) is 0.227. The molecular weight excluding hydrogens is 406 g/mol. The lowest BCUT2D eigenvalue weighted by Crippen LogP contribution is -2.32.